The molecule has 2 aliphatic rings. The van der Waals surface area contributed by atoms with Crippen molar-refractivity contribution in [3.63, 3.8) is 0 Å². The summed E-state index contributed by atoms with van der Waals surface area (Å²) in [6.07, 6.45) is 1.40. The van der Waals surface area contributed by atoms with Gasteiger partial charge in [0.05, 0.1) is 15.6 Å². The van der Waals surface area contributed by atoms with E-state index in [4.69, 9.17) is 33.5 Å². The molecule has 1 aromatic heterocycles. The van der Waals surface area contributed by atoms with Crippen molar-refractivity contribution in [2.75, 3.05) is 18.8 Å². The highest BCUT2D eigenvalue weighted by molar-refractivity contribution is 7.21. The molecular formula is C35H36ClN5O4S. The largest absolute Gasteiger partial charge is 0.457 e. The Balaban J connectivity index is 1.35. The zero-order chi connectivity index (χ0) is 32.9. The predicted octanol–water partition coefficient (Wildman–Crippen LogP) is 5.62. The molecule has 9 nitrogen and oxygen atoms in total. The lowest BCUT2D eigenvalue weighted by Crippen LogP contribution is -2.53. The number of allylic oxidation sites excluding steroid dienone is 1. The summed E-state index contributed by atoms with van der Waals surface area (Å²) in [5, 5.41) is 3.89. The van der Waals surface area contributed by atoms with Crippen LogP contribution in [0.5, 0.6) is 11.5 Å². The Morgan fingerprint density at radius 3 is 2.48 bits per heavy atom. The lowest BCUT2D eigenvalue weighted by molar-refractivity contribution is -0.128. The van der Waals surface area contributed by atoms with Crippen molar-refractivity contribution in [2.45, 2.75) is 51.2 Å². The van der Waals surface area contributed by atoms with Gasteiger partial charge >= 0.3 is 0 Å². The Morgan fingerprint density at radius 2 is 1.78 bits per heavy atom. The number of ether oxygens (including phenoxy) is 1. The van der Waals surface area contributed by atoms with Gasteiger partial charge in [-0.25, -0.2) is 0 Å². The van der Waals surface area contributed by atoms with Crippen molar-refractivity contribution in [2.24, 2.45) is 11.5 Å². The number of hydrogen-bond acceptors (Lipinski definition) is 8. The zero-order valence-corrected chi connectivity index (χ0v) is 27.4. The van der Waals surface area contributed by atoms with E-state index in [1.54, 1.807) is 43.0 Å². The molecule has 11 heteroatoms. The summed E-state index contributed by atoms with van der Waals surface area (Å²) in [6.45, 7) is 6.32. The Labute approximate surface area is 276 Å². The van der Waals surface area contributed by atoms with Crippen LogP contribution in [0.15, 0.2) is 71.3 Å². The SMILES string of the molecule is CC(C)=C(Cl)C(=O)N1CCCC(NC(=O)c2sc3c(N)ccc4c3c2C(N)C(=O)C4(N)c2ccc(Oc3ccccc3)cc2C)C1. The van der Waals surface area contributed by atoms with Gasteiger partial charge in [0.1, 0.15) is 22.1 Å². The molecule has 3 aromatic carbocycles. The number of carbonyl (C=O) groups is 3. The number of likely N-dealkylation sites (tertiary alicyclic amines) is 1. The van der Waals surface area contributed by atoms with E-state index in [-0.39, 0.29) is 22.9 Å². The molecule has 7 N–H and O–H groups in total. The summed E-state index contributed by atoms with van der Waals surface area (Å²) >= 11 is 7.44. The predicted molar refractivity (Wildman–Crippen MR) is 182 cm³/mol. The monoisotopic (exact) mass is 657 g/mol. The summed E-state index contributed by atoms with van der Waals surface area (Å²) in [5.74, 6) is 0.236. The molecule has 0 bridgehead atoms. The van der Waals surface area contributed by atoms with Crippen LogP contribution in [-0.4, -0.2) is 41.6 Å². The maximum atomic E-state index is 14.3. The van der Waals surface area contributed by atoms with Gasteiger partial charge in [0.25, 0.3) is 11.8 Å². The highest BCUT2D eigenvalue weighted by Crippen LogP contribution is 2.50. The second-order valence-electron chi connectivity index (χ2n) is 12.2. The fraction of sp³-hybridized carbons (Fsp3) is 0.286. The minimum absolute atomic E-state index is 0.187. The van der Waals surface area contributed by atoms with Crippen LogP contribution in [0.1, 0.15) is 64.7 Å². The number of nitrogens with one attached hydrogen (secondary N) is 1. The lowest BCUT2D eigenvalue weighted by Gasteiger charge is -2.37. The molecule has 238 valence electrons. The number of anilines is 1. The fourth-order valence-corrected chi connectivity index (χ4v) is 7.80. The van der Waals surface area contributed by atoms with Crippen LogP contribution >= 0.6 is 22.9 Å². The topological polar surface area (TPSA) is 154 Å². The molecule has 4 aromatic rings. The minimum Gasteiger partial charge on any atom is -0.457 e. The number of amides is 2. The van der Waals surface area contributed by atoms with Crippen molar-refractivity contribution in [1.82, 2.24) is 10.2 Å². The lowest BCUT2D eigenvalue weighted by atomic mass is 9.69. The second kappa shape index (κ2) is 12.2. The minimum atomic E-state index is -1.59. The number of nitrogen functional groups attached to an aromatic ring is 1. The number of ketones is 1. The number of para-hydroxylation sites is 1. The third-order valence-corrected chi connectivity index (χ3v) is 10.6. The molecule has 46 heavy (non-hydrogen) atoms. The number of hydrogen-bond donors (Lipinski definition) is 4. The molecule has 2 heterocycles. The van der Waals surface area contributed by atoms with E-state index in [0.29, 0.717) is 74.8 Å². The summed E-state index contributed by atoms with van der Waals surface area (Å²) in [7, 11) is 0. The van der Waals surface area contributed by atoms with Crippen molar-refractivity contribution < 1.29 is 19.1 Å². The van der Waals surface area contributed by atoms with Gasteiger partial charge in [-0.3, -0.25) is 14.4 Å². The number of rotatable bonds is 6. The van der Waals surface area contributed by atoms with E-state index in [2.05, 4.69) is 5.32 Å². The number of thiophene rings is 1. The third kappa shape index (κ3) is 5.35. The average Bonchev–Trinajstić information content (AvgIpc) is 3.45. The Bertz CT molecular complexity index is 1920. The fourth-order valence-electron chi connectivity index (χ4n) is 6.48. The van der Waals surface area contributed by atoms with E-state index in [1.165, 1.54) is 11.3 Å². The highest BCUT2D eigenvalue weighted by Gasteiger charge is 2.49. The van der Waals surface area contributed by atoms with E-state index < -0.39 is 17.4 Å². The first-order valence-electron chi connectivity index (χ1n) is 15.1. The number of nitrogens with zero attached hydrogens (tertiary/aromatic N) is 1. The molecule has 1 aliphatic carbocycles. The molecular weight excluding hydrogens is 622 g/mol. The van der Waals surface area contributed by atoms with Gasteiger partial charge in [0.2, 0.25) is 0 Å². The first kappa shape index (κ1) is 31.7. The molecule has 3 unspecified atom stereocenters. The molecule has 1 saturated heterocycles. The number of benzene rings is 3. The second-order valence-corrected chi connectivity index (χ2v) is 13.6. The van der Waals surface area contributed by atoms with Gasteiger partial charge in [-0.15, -0.1) is 11.3 Å². The number of Topliss-reactive ketones (excluding diaryl/α,β-unsaturated/α-hetero) is 1. The number of aryl methyl sites for hydroxylation is 1. The molecule has 0 saturated carbocycles. The normalized spacial score (nSPS) is 20.8. The van der Waals surface area contributed by atoms with Crippen LogP contribution in [0, 0.1) is 6.92 Å². The van der Waals surface area contributed by atoms with Crippen LogP contribution in [0.4, 0.5) is 5.69 Å². The van der Waals surface area contributed by atoms with E-state index in [9.17, 15) is 14.4 Å². The molecule has 2 amide bonds. The number of nitrogens with two attached hydrogens (primary N) is 3. The van der Waals surface area contributed by atoms with E-state index in [0.717, 1.165) is 11.1 Å². The number of carbonyl (C=O) groups excluding carboxylic acids is 3. The summed E-state index contributed by atoms with van der Waals surface area (Å²) in [6, 6.07) is 16.8. The first-order chi connectivity index (χ1) is 21.9. The maximum absolute atomic E-state index is 14.3. The van der Waals surface area contributed by atoms with Gasteiger partial charge in [0.15, 0.2) is 5.78 Å². The smallest absolute Gasteiger partial charge is 0.265 e. The third-order valence-electron chi connectivity index (χ3n) is 8.79. The van der Waals surface area contributed by atoms with Crippen LogP contribution < -0.4 is 27.3 Å². The molecule has 3 atom stereocenters. The molecule has 0 spiro atoms. The van der Waals surface area contributed by atoms with Crippen molar-refractivity contribution in [1.29, 1.82) is 0 Å². The van der Waals surface area contributed by atoms with Crippen LogP contribution in [0.3, 0.4) is 0 Å². The standard InChI is InChI=1S/C35H36ClN5O4S/c1-18(2)28(36)34(44)41-15-7-8-20(17-41)40-33(43)31-27-26-24(13-14-25(37)30(26)46-31)35(39,32(42)29(27)38)23-12-11-22(16-19(23)3)45-21-9-5-4-6-10-21/h4-6,9-14,16,20,29H,7-8,15,17,37-39H2,1-3H3,(H,40,43). The van der Waals surface area contributed by atoms with Crippen molar-refractivity contribution in [3.8, 4) is 11.5 Å². The molecule has 0 radical (unpaired) electrons. The van der Waals surface area contributed by atoms with Crippen LogP contribution in [0.25, 0.3) is 10.1 Å². The highest BCUT2D eigenvalue weighted by atomic mass is 35.5. The average molecular weight is 658 g/mol. The van der Waals surface area contributed by atoms with Crippen molar-refractivity contribution >= 4 is 56.3 Å². The van der Waals surface area contributed by atoms with Crippen LogP contribution in [0.2, 0.25) is 0 Å². The molecule has 1 fully saturated rings. The first-order valence-corrected chi connectivity index (χ1v) is 16.3. The summed E-state index contributed by atoms with van der Waals surface area (Å²) in [5.41, 5.74) is 22.1. The zero-order valence-electron chi connectivity index (χ0n) is 25.9. The molecule has 6 rings (SSSR count). The number of piperidine rings is 1. The summed E-state index contributed by atoms with van der Waals surface area (Å²) < 4.78 is 6.65. The van der Waals surface area contributed by atoms with Gasteiger partial charge in [-0.1, -0.05) is 47.5 Å². The van der Waals surface area contributed by atoms with Gasteiger partial charge in [-0.05, 0) is 80.6 Å². The van der Waals surface area contributed by atoms with E-state index in [1.807, 2.05) is 43.3 Å². The maximum Gasteiger partial charge on any atom is 0.265 e. The Kier molecular flexibility index (Phi) is 8.41. The summed E-state index contributed by atoms with van der Waals surface area (Å²) in [4.78, 5) is 43.0. The van der Waals surface area contributed by atoms with Crippen molar-refractivity contribution in [3.05, 3.63) is 98.4 Å². The Hall–Kier alpha value is -4.22. The quantitative estimate of drug-likeness (QED) is 0.155. The van der Waals surface area contributed by atoms with Gasteiger partial charge < -0.3 is 32.2 Å². The Morgan fingerprint density at radius 1 is 1.07 bits per heavy atom. The molecule has 1 aliphatic heterocycles. The van der Waals surface area contributed by atoms with Crippen LogP contribution in [-0.2, 0) is 15.1 Å². The van der Waals surface area contributed by atoms with Gasteiger partial charge in [0, 0.05) is 35.8 Å². The number of halogens is 1. The van der Waals surface area contributed by atoms with E-state index >= 15 is 0 Å². The van der Waals surface area contributed by atoms with Gasteiger partial charge in [-0.2, -0.15) is 0 Å².